The number of aliphatic carboxylic acids is 1. The number of amides is 1. The van der Waals surface area contributed by atoms with E-state index in [4.69, 9.17) is 9.84 Å². The zero-order chi connectivity index (χ0) is 24.8. The predicted molar refractivity (Wildman–Crippen MR) is 135 cm³/mol. The molecule has 1 unspecified atom stereocenters. The molecule has 4 aromatic rings. The van der Waals surface area contributed by atoms with E-state index in [2.05, 4.69) is 10.4 Å². The minimum Gasteiger partial charge on any atom is -0.481 e. The smallest absolute Gasteiger partial charge is 0.413 e. The molecule has 0 aliphatic rings. The van der Waals surface area contributed by atoms with Gasteiger partial charge in [0.1, 0.15) is 11.9 Å². The third-order valence-electron chi connectivity index (χ3n) is 5.82. The second-order valence-corrected chi connectivity index (χ2v) is 8.28. The van der Waals surface area contributed by atoms with Gasteiger partial charge in [0.05, 0.1) is 6.20 Å². The van der Waals surface area contributed by atoms with Crippen LogP contribution in [0.2, 0.25) is 0 Å². The summed E-state index contributed by atoms with van der Waals surface area (Å²) in [6.07, 6.45) is 1.41. The molecule has 0 saturated carbocycles. The van der Waals surface area contributed by atoms with Crippen LogP contribution in [0.5, 0.6) is 0 Å². The van der Waals surface area contributed by atoms with E-state index in [9.17, 15) is 9.59 Å². The highest BCUT2D eigenvalue weighted by Crippen LogP contribution is 2.30. The summed E-state index contributed by atoms with van der Waals surface area (Å²) in [6.45, 7) is 1.83. The number of benzene rings is 3. The molecule has 1 amide bonds. The van der Waals surface area contributed by atoms with Gasteiger partial charge in [-0.1, -0.05) is 78.9 Å². The fourth-order valence-electron chi connectivity index (χ4n) is 3.83. The molecule has 0 fully saturated rings. The third-order valence-corrected chi connectivity index (χ3v) is 5.82. The van der Waals surface area contributed by atoms with Crippen LogP contribution in [0.15, 0.2) is 85.1 Å². The number of carboxylic acid groups (broad SMARTS) is 1. The minimum absolute atomic E-state index is 0.119. The van der Waals surface area contributed by atoms with Gasteiger partial charge in [-0.2, -0.15) is 5.10 Å². The number of carbonyl (C=O) groups excluding carboxylic acids is 1. The van der Waals surface area contributed by atoms with Crippen LogP contribution in [0.1, 0.15) is 30.6 Å². The highest BCUT2D eigenvalue weighted by molar-refractivity contribution is 5.90. The molecule has 0 aliphatic carbocycles. The quantitative estimate of drug-likeness (QED) is 0.326. The lowest BCUT2D eigenvalue weighted by atomic mass is 9.99. The third kappa shape index (κ3) is 5.95. The van der Waals surface area contributed by atoms with Gasteiger partial charge in [0, 0.05) is 19.0 Å². The van der Waals surface area contributed by atoms with Crippen LogP contribution in [0.25, 0.3) is 22.3 Å². The summed E-state index contributed by atoms with van der Waals surface area (Å²) < 4.78 is 7.15. The van der Waals surface area contributed by atoms with Gasteiger partial charge in [0.15, 0.2) is 0 Å². The zero-order valence-electron chi connectivity index (χ0n) is 19.6. The lowest BCUT2D eigenvalue weighted by Crippen LogP contribution is -2.18. The molecular formula is C28H27N3O4. The Labute approximate surface area is 204 Å². The van der Waals surface area contributed by atoms with E-state index in [1.54, 1.807) is 17.9 Å². The van der Waals surface area contributed by atoms with E-state index < -0.39 is 12.1 Å². The van der Waals surface area contributed by atoms with Gasteiger partial charge in [0.25, 0.3) is 0 Å². The van der Waals surface area contributed by atoms with Gasteiger partial charge in [-0.15, -0.1) is 0 Å². The van der Waals surface area contributed by atoms with E-state index in [1.807, 2.05) is 85.8 Å². The summed E-state index contributed by atoms with van der Waals surface area (Å²) in [5.41, 5.74) is 5.68. The average Bonchev–Trinajstić information content (AvgIpc) is 3.23. The van der Waals surface area contributed by atoms with Crippen LogP contribution in [-0.4, -0.2) is 26.9 Å². The van der Waals surface area contributed by atoms with Crippen molar-refractivity contribution in [2.45, 2.75) is 25.9 Å². The summed E-state index contributed by atoms with van der Waals surface area (Å²) in [4.78, 5) is 23.3. The number of hydrogen-bond acceptors (Lipinski definition) is 4. The van der Waals surface area contributed by atoms with Gasteiger partial charge in [-0.3, -0.25) is 14.8 Å². The van der Waals surface area contributed by atoms with Crippen LogP contribution < -0.4 is 5.32 Å². The molecule has 35 heavy (non-hydrogen) atoms. The Bertz CT molecular complexity index is 1300. The van der Waals surface area contributed by atoms with Crippen LogP contribution in [0.3, 0.4) is 0 Å². The number of carboxylic acids is 1. The van der Waals surface area contributed by atoms with Crippen LogP contribution in [0.4, 0.5) is 10.6 Å². The van der Waals surface area contributed by atoms with Crippen molar-refractivity contribution in [3.63, 3.8) is 0 Å². The second kappa shape index (κ2) is 10.7. The molecule has 2 N–H and O–H groups in total. The molecular weight excluding hydrogens is 442 g/mol. The van der Waals surface area contributed by atoms with Crippen molar-refractivity contribution in [1.29, 1.82) is 0 Å². The van der Waals surface area contributed by atoms with Crippen molar-refractivity contribution in [2.24, 2.45) is 7.05 Å². The normalized spacial score (nSPS) is 11.6. The summed E-state index contributed by atoms with van der Waals surface area (Å²) in [5.74, 6) is -0.251. The fraction of sp³-hybridized carbons (Fsp3) is 0.179. The number of carbonyl (C=O) groups is 2. The molecule has 0 spiro atoms. The lowest BCUT2D eigenvalue weighted by Gasteiger charge is -2.15. The Morgan fingerprint density at radius 1 is 0.943 bits per heavy atom. The average molecular weight is 470 g/mol. The molecule has 4 rings (SSSR count). The maximum atomic E-state index is 12.6. The Morgan fingerprint density at radius 3 is 2.17 bits per heavy atom. The standard InChI is InChI=1S/C28H27N3O4/c1-19(21-6-4-3-5-7-21)35-28(34)30-27-25(18-29-31(27)2)24-15-13-23(14-16-24)22-11-8-20(9-12-22)10-17-26(32)33/h3-9,11-16,18-19H,10,17H2,1-2H3,(H,30,34)(H,32,33). The molecule has 1 aromatic heterocycles. The van der Waals surface area contributed by atoms with Crippen molar-refractivity contribution in [1.82, 2.24) is 9.78 Å². The number of nitrogens with zero attached hydrogens (tertiary/aromatic N) is 2. The first-order chi connectivity index (χ1) is 16.9. The highest BCUT2D eigenvalue weighted by Gasteiger charge is 2.17. The van der Waals surface area contributed by atoms with Crippen molar-refractivity contribution in [3.8, 4) is 22.3 Å². The SMILES string of the molecule is CC(OC(=O)Nc1c(-c2ccc(-c3ccc(CCC(=O)O)cc3)cc2)cnn1C)c1ccccc1. The topological polar surface area (TPSA) is 93.4 Å². The van der Waals surface area contributed by atoms with Crippen molar-refractivity contribution in [2.75, 3.05) is 5.32 Å². The van der Waals surface area contributed by atoms with E-state index in [0.29, 0.717) is 12.2 Å². The molecule has 0 saturated heterocycles. The van der Waals surface area contributed by atoms with Gasteiger partial charge < -0.3 is 9.84 Å². The number of aromatic nitrogens is 2. The van der Waals surface area contributed by atoms with Crippen LogP contribution >= 0.6 is 0 Å². The maximum Gasteiger partial charge on any atom is 0.413 e. The largest absolute Gasteiger partial charge is 0.481 e. The molecule has 7 nitrogen and oxygen atoms in total. The Balaban J connectivity index is 1.45. The molecule has 0 aliphatic heterocycles. The summed E-state index contributed by atoms with van der Waals surface area (Å²) in [5, 5.41) is 16.0. The number of rotatable bonds is 8. The first kappa shape index (κ1) is 23.8. The first-order valence-corrected chi connectivity index (χ1v) is 11.4. The number of ether oxygens (including phenoxy) is 1. The first-order valence-electron chi connectivity index (χ1n) is 11.4. The Kier molecular flexibility index (Phi) is 7.26. The lowest BCUT2D eigenvalue weighted by molar-refractivity contribution is -0.136. The van der Waals surface area contributed by atoms with E-state index >= 15 is 0 Å². The summed E-state index contributed by atoms with van der Waals surface area (Å²) in [7, 11) is 1.76. The van der Waals surface area contributed by atoms with Crippen molar-refractivity contribution >= 4 is 17.9 Å². The number of anilines is 1. The van der Waals surface area contributed by atoms with Crippen molar-refractivity contribution in [3.05, 3.63) is 96.2 Å². The Morgan fingerprint density at radius 2 is 1.54 bits per heavy atom. The monoisotopic (exact) mass is 469 g/mol. The fourth-order valence-corrected chi connectivity index (χ4v) is 3.83. The van der Waals surface area contributed by atoms with Gasteiger partial charge in [0.2, 0.25) is 0 Å². The summed E-state index contributed by atoms with van der Waals surface area (Å²) in [6, 6.07) is 25.4. The van der Waals surface area contributed by atoms with Crippen LogP contribution in [0, 0.1) is 0 Å². The highest BCUT2D eigenvalue weighted by atomic mass is 16.6. The molecule has 7 heteroatoms. The number of nitrogens with one attached hydrogen (secondary N) is 1. The molecule has 1 atom stereocenters. The van der Waals surface area contributed by atoms with Gasteiger partial charge >= 0.3 is 12.1 Å². The van der Waals surface area contributed by atoms with E-state index in [1.165, 1.54) is 0 Å². The summed E-state index contributed by atoms with van der Waals surface area (Å²) >= 11 is 0. The molecule has 0 bridgehead atoms. The molecule has 178 valence electrons. The van der Waals surface area contributed by atoms with E-state index in [-0.39, 0.29) is 12.5 Å². The molecule has 0 radical (unpaired) electrons. The van der Waals surface area contributed by atoms with Gasteiger partial charge in [-0.05, 0) is 41.2 Å². The molecule has 1 heterocycles. The predicted octanol–water partition coefficient (Wildman–Crippen LogP) is 6.08. The maximum absolute atomic E-state index is 12.6. The zero-order valence-corrected chi connectivity index (χ0v) is 19.6. The van der Waals surface area contributed by atoms with E-state index in [0.717, 1.165) is 33.4 Å². The second-order valence-electron chi connectivity index (χ2n) is 8.28. The van der Waals surface area contributed by atoms with Crippen molar-refractivity contribution < 1.29 is 19.4 Å². The number of hydrogen-bond donors (Lipinski definition) is 2. The Hall–Kier alpha value is -4.39. The van der Waals surface area contributed by atoms with Gasteiger partial charge in [-0.25, -0.2) is 4.79 Å². The van der Waals surface area contributed by atoms with Crippen LogP contribution in [-0.2, 0) is 23.0 Å². The minimum atomic E-state index is -0.798. The number of aryl methyl sites for hydroxylation is 2. The molecule has 3 aromatic carbocycles.